The minimum Gasteiger partial charge on any atom is -0.378 e. The smallest absolute Gasteiger partial charge is 0.191 e. The van der Waals surface area contributed by atoms with Crippen LogP contribution in [0, 0.1) is 0 Å². The van der Waals surface area contributed by atoms with Crippen molar-refractivity contribution in [2.75, 3.05) is 38.6 Å². The summed E-state index contributed by atoms with van der Waals surface area (Å²) in [5.41, 5.74) is 5.98. The van der Waals surface area contributed by atoms with Crippen LogP contribution in [0.15, 0.2) is 4.99 Å². The lowest BCUT2D eigenvalue weighted by molar-refractivity contribution is 0.0674. The Hall–Kier alpha value is -0.420. The van der Waals surface area contributed by atoms with Crippen molar-refractivity contribution in [2.24, 2.45) is 10.7 Å². The fourth-order valence-corrected chi connectivity index (χ4v) is 3.26. The Labute approximate surface area is 102 Å². The molecule has 2 fully saturated rings. The molecule has 4 nitrogen and oxygen atoms in total. The van der Waals surface area contributed by atoms with E-state index in [1.807, 2.05) is 11.8 Å². The van der Waals surface area contributed by atoms with Crippen LogP contribution in [0.2, 0.25) is 0 Å². The third-order valence-corrected chi connectivity index (χ3v) is 4.45. The third-order valence-electron chi connectivity index (χ3n) is 3.07. The lowest BCUT2D eigenvalue weighted by Crippen LogP contribution is -2.45. The number of aliphatic imine (C=N–C) groups is 1. The molecule has 0 aromatic carbocycles. The number of thioether (sulfide) groups is 1. The van der Waals surface area contributed by atoms with E-state index in [2.05, 4.69) is 9.89 Å². The van der Waals surface area contributed by atoms with E-state index < -0.39 is 0 Å². The molecule has 5 heteroatoms. The van der Waals surface area contributed by atoms with Gasteiger partial charge in [-0.3, -0.25) is 4.99 Å². The van der Waals surface area contributed by atoms with Crippen molar-refractivity contribution in [3.8, 4) is 0 Å². The van der Waals surface area contributed by atoms with Gasteiger partial charge in [-0.1, -0.05) is 6.42 Å². The van der Waals surface area contributed by atoms with E-state index in [1.54, 1.807) is 0 Å². The molecular weight excluding hydrogens is 222 g/mol. The van der Waals surface area contributed by atoms with Gasteiger partial charge in [-0.25, -0.2) is 0 Å². The predicted octanol–water partition coefficient (Wildman–Crippen LogP) is 0.919. The zero-order chi connectivity index (χ0) is 11.2. The largest absolute Gasteiger partial charge is 0.378 e. The fraction of sp³-hybridized carbons (Fsp3) is 0.909. The van der Waals surface area contributed by atoms with Crippen molar-refractivity contribution in [1.29, 1.82) is 0 Å². The molecule has 2 N–H and O–H groups in total. The summed E-state index contributed by atoms with van der Waals surface area (Å²) in [5, 5.41) is 0.688. The van der Waals surface area contributed by atoms with E-state index >= 15 is 0 Å². The molecule has 0 saturated carbocycles. The molecule has 0 spiro atoms. The van der Waals surface area contributed by atoms with E-state index in [9.17, 15) is 0 Å². The van der Waals surface area contributed by atoms with Crippen LogP contribution in [0.4, 0.5) is 0 Å². The molecule has 0 aromatic rings. The number of nitrogens with zero attached hydrogens (tertiary/aromatic N) is 2. The maximum absolute atomic E-state index is 5.98. The standard InChI is InChI=1S/C11H21N3OS/c12-11(14-4-6-15-7-5-14)13-9-10-3-1-2-8-16-10/h10H,1-9H2,(H2,12,13). The molecule has 0 amide bonds. The number of hydrogen-bond acceptors (Lipinski definition) is 3. The summed E-state index contributed by atoms with van der Waals surface area (Å²) in [6, 6.07) is 0. The highest BCUT2D eigenvalue weighted by Crippen LogP contribution is 2.25. The molecule has 16 heavy (non-hydrogen) atoms. The predicted molar refractivity (Wildman–Crippen MR) is 69.0 cm³/mol. The molecular formula is C11H21N3OS. The van der Waals surface area contributed by atoms with E-state index in [0.29, 0.717) is 11.2 Å². The van der Waals surface area contributed by atoms with Crippen LogP contribution in [0.1, 0.15) is 19.3 Å². The van der Waals surface area contributed by atoms with Gasteiger partial charge in [0.1, 0.15) is 0 Å². The Kier molecular flexibility index (Phi) is 4.78. The highest BCUT2D eigenvalue weighted by molar-refractivity contribution is 7.99. The van der Waals surface area contributed by atoms with Gasteiger partial charge in [0.15, 0.2) is 5.96 Å². The van der Waals surface area contributed by atoms with Crippen molar-refractivity contribution in [3.05, 3.63) is 0 Å². The van der Waals surface area contributed by atoms with Gasteiger partial charge in [-0.05, 0) is 18.6 Å². The van der Waals surface area contributed by atoms with Crippen LogP contribution >= 0.6 is 11.8 Å². The molecule has 1 unspecified atom stereocenters. The Morgan fingerprint density at radius 2 is 2.19 bits per heavy atom. The van der Waals surface area contributed by atoms with Crippen LogP contribution in [0.3, 0.4) is 0 Å². The van der Waals surface area contributed by atoms with E-state index in [1.165, 1.54) is 25.0 Å². The highest BCUT2D eigenvalue weighted by Gasteiger charge is 2.15. The van der Waals surface area contributed by atoms with Gasteiger partial charge in [0, 0.05) is 18.3 Å². The third kappa shape index (κ3) is 3.56. The van der Waals surface area contributed by atoms with Crippen LogP contribution in [0.5, 0.6) is 0 Å². The average molecular weight is 243 g/mol. The number of hydrogen-bond donors (Lipinski definition) is 1. The summed E-state index contributed by atoms with van der Waals surface area (Å²) in [7, 11) is 0. The number of guanidine groups is 1. The van der Waals surface area contributed by atoms with Gasteiger partial charge in [-0.2, -0.15) is 11.8 Å². The van der Waals surface area contributed by atoms with Gasteiger partial charge in [0.2, 0.25) is 0 Å². The number of nitrogens with two attached hydrogens (primary N) is 1. The lowest BCUT2D eigenvalue weighted by atomic mass is 10.2. The maximum atomic E-state index is 5.98. The first-order chi connectivity index (χ1) is 7.86. The summed E-state index contributed by atoms with van der Waals surface area (Å²) < 4.78 is 5.29. The first-order valence-corrected chi connectivity index (χ1v) is 7.15. The second-order valence-corrected chi connectivity index (χ2v) is 5.70. The van der Waals surface area contributed by atoms with E-state index in [4.69, 9.17) is 10.5 Å². The number of morpholine rings is 1. The van der Waals surface area contributed by atoms with Crippen LogP contribution < -0.4 is 5.73 Å². The normalized spacial score (nSPS) is 28.1. The van der Waals surface area contributed by atoms with Gasteiger partial charge < -0.3 is 15.4 Å². The molecule has 92 valence electrons. The Balaban J connectivity index is 1.76. The Morgan fingerprint density at radius 1 is 1.38 bits per heavy atom. The molecule has 0 aromatic heterocycles. The quantitative estimate of drug-likeness (QED) is 0.579. The van der Waals surface area contributed by atoms with Crippen molar-refractivity contribution in [3.63, 3.8) is 0 Å². The summed E-state index contributed by atoms with van der Waals surface area (Å²) >= 11 is 2.05. The monoisotopic (exact) mass is 243 g/mol. The minimum atomic E-state index is 0.688. The van der Waals surface area contributed by atoms with E-state index in [-0.39, 0.29) is 0 Å². The molecule has 0 aliphatic carbocycles. The van der Waals surface area contributed by atoms with Gasteiger partial charge >= 0.3 is 0 Å². The molecule has 2 saturated heterocycles. The second kappa shape index (κ2) is 6.35. The maximum Gasteiger partial charge on any atom is 0.191 e. The van der Waals surface area contributed by atoms with Crippen molar-refractivity contribution in [1.82, 2.24) is 4.90 Å². The van der Waals surface area contributed by atoms with Crippen molar-refractivity contribution < 1.29 is 4.74 Å². The summed E-state index contributed by atoms with van der Waals surface area (Å²) in [6.45, 7) is 4.19. The molecule has 0 radical (unpaired) electrons. The first kappa shape index (κ1) is 12.0. The Morgan fingerprint density at radius 3 is 2.88 bits per heavy atom. The molecule has 0 bridgehead atoms. The SMILES string of the molecule is NC(=NCC1CCCCS1)N1CCOCC1. The fourth-order valence-electron chi connectivity index (χ4n) is 2.04. The van der Waals surface area contributed by atoms with E-state index in [0.717, 1.165) is 32.8 Å². The first-order valence-electron chi connectivity index (χ1n) is 6.10. The highest BCUT2D eigenvalue weighted by atomic mass is 32.2. The summed E-state index contributed by atoms with van der Waals surface area (Å²) in [4.78, 5) is 6.64. The van der Waals surface area contributed by atoms with Crippen LogP contribution in [-0.4, -0.2) is 54.7 Å². The molecule has 2 aliphatic heterocycles. The molecule has 2 aliphatic rings. The minimum absolute atomic E-state index is 0.688. The van der Waals surface area contributed by atoms with Crippen molar-refractivity contribution in [2.45, 2.75) is 24.5 Å². The Bertz CT molecular complexity index is 235. The van der Waals surface area contributed by atoms with Gasteiger partial charge in [-0.15, -0.1) is 0 Å². The molecule has 2 heterocycles. The second-order valence-electron chi connectivity index (χ2n) is 4.29. The molecule has 1 atom stereocenters. The molecule has 2 rings (SSSR count). The lowest BCUT2D eigenvalue weighted by Gasteiger charge is -2.28. The van der Waals surface area contributed by atoms with Crippen molar-refractivity contribution >= 4 is 17.7 Å². The zero-order valence-corrected chi connectivity index (χ0v) is 10.5. The topological polar surface area (TPSA) is 50.8 Å². The number of ether oxygens (including phenoxy) is 1. The van der Waals surface area contributed by atoms with Gasteiger partial charge in [0.05, 0.1) is 19.8 Å². The van der Waals surface area contributed by atoms with Crippen LogP contribution in [0.25, 0.3) is 0 Å². The van der Waals surface area contributed by atoms with Gasteiger partial charge in [0.25, 0.3) is 0 Å². The average Bonchev–Trinajstić information content (AvgIpc) is 2.38. The number of rotatable bonds is 2. The summed E-state index contributed by atoms with van der Waals surface area (Å²) in [5.74, 6) is 1.99. The van der Waals surface area contributed by atoms with Crippen LogP contribution in [-0.2, 0) is 4.74 Å². The summed E-state index contributed by atoms with van der Waals surface area (Å²) in [6.07, 6.45) is 4.01. The zero-order valence-electron chi connectivity index (χ0n) is 9.73.